The summed E-state index contributed by atoms with van der Waals surface area (Å²) in [6.45, 7) is 0.182. The highest BCUT2D eigenvalue weighted by atomic mass is 19.4. The number of alkyl halides is 3. The number of nitrogens with one attached hydrogen (secondary N) is 1. The van der Waals surface area contributed by atoms with Crippen molar-refractivity contribution < 1.29 is 27.8 Å². The number of carbonyl (C=O) groups is 1. The molecular formula is C17H16F3NO3. The number of rotatable bonds is 5. The van der Waals surface area contributed by atoms with Gasteiger partial charge in [-0.3, -0.25) is 4.79 Å². The predicted octanol–water partition coefficient (Wildman–Crippen LogP) is 3.61. The molecule has 2 aromatic carbocycles. The Labute approximate surface area is 136 Å². The van der Waals surface area contributed by atoms with Crippen LogP contribution < -0.4 is 10.1 Å². The van der Waals surface area contributed by atoms with Crippen molar-refractivity contribution >= 4 is 11.6 Å². The zero-order valence-electron chi connectivity index (χ0n) is 12.8. The molecule has 0 saturated heterocycles. The summed E-state index contributed by atoms with van der Waals surface area (Å²) in [4.78, 5) is 12.0. The summed E-state index contributed by atoms with van der Waals surface area (Å²) in [7, 11) is 0. The zero-order chi connectivity index (χ0) is 17.7. The smallest absolute Gasteiger partial charge is 0.422 e. The summed E-state index contributed by atoms with van der Waals surface area (Å²) in [6.07, 6.45) is -5.76. The van der Waals surface area contributed by atoms with Gasteiger partial charge in [0.1, 0.15) is 5.75 Å². The van der Waals surface area contributed by atoms with Crippen LogP contribution in [0, 0.1) is 6.92 Å². The summed E-state index contributed by atoms with van der Waals surface area (Å²) in [5.41, 5.74) is 1.23. The van der Waals surface area contributed by atoms with Crippen molar-refractivity contribution in [2.75, 3.05) is 11.9 Å². The summed E-state index contributed by atoms with van der Waals surface area (Å²) in [6, 6.07) is 12.6. The van der Waals surface area contributed by atoms with Crippen molar-refractivity contribution in [2.45, 2.75) is 19.2 Å². The van der Waals surface area contributed by atoms with Crippen LogP contribution in [0.2, 0.25) is 0 Å². The summed E-state index contributed by atoms with van der Waals surface area (Å²) < 4.78 is 41.2. The van der Waals surface area contributed by atoms with E-state index in [9.17, 15) is 23.1 Å². The highest BCUT2D eigenvalue weighted by Gasteiger charge is 2.28. The molecule has 2 rings (SSSR count). The standard InChI is InChI=1S/C17H16F3NO3/c1-11-9-13(7-8-14(11)24-10-17(18,19)20)21-16(23)15(22)12-5-3-2-4-6-12/h2-9,15,22H,10H2,1H3,(H,21,23). The fourth-order valence-corrected chi connectivity index (χ4v) is 2.05. The van der Waals surface area contributed by atoms with Crippen molar-refractivity contribution in [2.24, 2.45) is 0 Å². The quantitative estimate of drug-likeness (QED) is 0.875. The number of ether oxygens (including phenoxy) is 1. The van der Waals surface area contributed by atoms with Crippen molar-refractivity contribution in [1.29, 1.82) is 0 Å². The first-order valence-electron chi connectivity index (χ1n) is 7.10. The number of aliphatic hydroxyl groups is 1. The maximum Gasteiger partial charge on any atom is 0.422 e. The van der Waals surface area contributed by atoms with Gasteiger partial charge in [-0.15, -0.1) is 0 Å². The number of hydrogen-bond acceptors (Lipinski definition) is 3. The number of hydrogen-bond donors (Lipinski definition) is 2. The van der Waals surface area contributed by atoms with Crippen molar-refractivity contribution in [3.63, 3.8) is 0 Å². The van der Waals surface area contributed by atoms with Gasteiger partial charge in [0.05, 0.1) is 0 Å². The molecule has 0 aliphatic carbocycles. The first kappa shape index (κ1) is 17.8. The van der Waals surface area contributed by atoms with E-state index in [2.05, 4.69) is 5.32 Å². The highest BCUT2D eigenvalue weighted by molar-refractivity contribution is 5.94. The second-order valence-corrected chi connectivity index (χ2v) is 5.19. The monoisotopic (exact) mass is 339 g/mol. The molecular weight excluding hydrogens is 323 g/mol. The van der Waals surface area contributed by atoms with E-state index in [-0.39, 0.29) is 5.75 Å². The van der Waals surface area contributed by atoms with E-state index in [1.165, 1.54) is 18.2 Å². The molecule has 0 spiro atoms. The molecule has 2 N–H and O–H groups in total. The van der Waals surface area contributed by atoms with E-state index in [1.807, 2.05) is 0 Å². The van der Waals surface area contributed by atoms with Crippen LogP contribution >= 0.6 is 0 Å². The maximum absolute atomic E-state index is 12.2. The molecule has 24 heavy (non-hydrogen) atoms. The minimum absolute atomic E-state index is 0.0777. The van der Waals surface area contributed by atoms with Gasteiger partial charge in [-0.1, -0.05) is 30.3 Å². The van der Waals surface area contributed by atoms with Crippen LogP contribution in [0.1, 0.15) is 17.2 Å². The minimum atomic E-state index is -4.42. The predicted molar refractivity (Wildman–Crippen MR) is 82.8 cm³/mol. The second-order valence-electron chi connectivity index (χ2n) is 5.19. The Morgan fingerprint density at radius 3 is 2.46 bits per heavy atom. The van der Waals surface area contributed by atoms with Gasteiger partial charge in [-0.25, -0.2) is 0 Å². The van der Waals surface area contributed by atoms with E-state index in [1.54, 1.807) is 37.3 Å². The van der Waals surface area contributed by atoms with Gasteiger partial charge in [-0.2, -0.15) is 13.2 Å². The lowest BCUT2D eigenvalue weighted by Gasteiger charge is -2.14. The van der Waals surface area contributed by atoms with E-state index in [4.69, 9.17) is 4.74 Å². The van der Waals surface area contributed by atoms with Gasteiger partial charge in [0.2, 0.25) is 0 Å². The molecule has 4 nitrogen and oxygen atoms in total. The van der Waals surface area contributed by atoms with Crippen molar-refractivity contribution in [3.05, 3.63) is 59.7 Å². The maximum atomic E-state index is 12.2. The lowest BCUT2D eigenvalue weighted by Crippen LogP contribution is -2.21. The zero-order valence-corrected chi connectivity index (χ0v) is 12.8. The molecule has 0 fully saturated rings. The fraction of sp³-hybridized carbons (Fsp3) is 0.235. The van der Waals surface area contributed by atoms with Gasteiger partial charge < -0.3 is 15.2 Å². The molecule has 0 heterocycles. The number of halogens is 3. The van der Waals surface area contributed by atoms with Crippen LogP contribution in [0.3, 0.4) is 0 Å². The first-order chi connectivity index (χ1) is 11.3. The van der Waals surface area contributed by atoms with Crippen LogP contribution in [0.5, 0.6) is 5.75 Å². The van der Waals surface area contributed by atoms with Crippen LogP contribution in [0.4, 0.5) is 18.9 Å². The SMILES string of the molecule is Cc1cc(NC(=O)C(O)c2ccccc2)ccc1OCC(F)(F)F. The topological polar surface area (TPSA) is 58.6 Å². The lowest BCUT2D eigenvalue weighted by atomic mass is 10.1. The Hall–Kier alpha value is -2.54. The van der Waals surface area contributed by atoms with Crippen LogP contribution in [-0.2, 0) is 4.79 Å². The fourth-order valence-electron chi connectivity index (χ4n) is 2.05. The van der Waals surface area contributed by atoms with E-state index >= 15 is 0 Å². The number of benzene rings is 2. The molecule has 0 aromatic heterocycles. The van der Waals surface area contributed by atoms with Gasteiger partial charge >= 0.3 is 6.18 Å². The molecule has 1 atom stereocenters. The van der Waals surface area contributed by atoms with Gasteiger partial charge in [0.25, 0.3) is 5.91 Å². The Morgan fingerprint density at radius 1 is 1.21 bits per heavy atom. The third-order valence-electron chi connectivity index (χ3n) is 3.20. The first-order valence-corrected chi connectivity index (χ1v) is 7.10. The van der Waals surface area contributed by atoms with Crippen LogP contribution in [-0.4, -0.2) is 23.8 Å². The molecule has 1 amide bonds. The molecule has 0 bridgehead atoms. The summed E-state index contributed by atoms with van der Waals surface area (Å²) >= 11 is 0. The Balaban J connectivity index is 2.03. The van der Waals surface area contributed by atoms with Crippen molar-refractivity contribution in [3.8, 4) is 5.75 Å². The average molecular weight is 339 g/mol. The molecule has 0 aliphatic heterocycles. The number of anilines is 1. The molecule has 2 aromatic rings. The molecule has 0 saturated carbocycles. The van der Waals surface area contributed by atoms with E-state index < -0.39 is 24.8 Å². The second kappa shape index (κ2) is 7.35. The van der Waals surface area contributed by atoms with Gasteiger partial charge in [0, 0.05) is 5.69 Å². The van der Waals surface area contributed by atoms with Crippen molar-refractivity contribution in [1.82, 2.24) is 0 Å². The van der Waals surface area contributed by atoms with Crippen LogP contribution in [0.25, 0.3) is 0 Å². The number of amides is 1. The Kier molecular flexibility index (Phi) is 5.46. The molecule has 7 heteroatoms. The average Bonchev–Trinajstić information content (AvgIpc) is 2.53. The van der Waals surface area contributed by atoms with E-state index in [0.717, 1.165) is 0 Å². The summed E-state index contributed by atoms with van der Waals surface area (Å²) in [5.74, 6) is -0.557. The van der Waals surface area contributed by atoms with E-state index in [0.29, 0.717) is 16.8 Å². The normalized spacial score (nSPS) is 12.5. The third kappa shape index (κ3) is 4.99. The Morgan fingerprint density at radius 2 is 1.88 bits per heavy atom. The third-order valence-corrected chi connectivity index (χ3v) is 3.20. The van der Waals surface area contributed by atoms with Gasteiger partial charge in [0.15, 0.2) is 12.7 Å². The lowest BCUT2D eigenvalue weighted by molar-refractivity contribution is -0.153. The largest absolute Gasteiger partial charge is 0.484 e. The minimum Gasteiger partial charge on any atom is -0.484 e. The number of carbonyl (C=O) groups excluding carboxylic acids is 1. The van der Waals surface area contributed by atoms with Crippen LogP contribution in [0.15, 0.2) is 48.5 Å². The highest BCUT2D eigenvalue weighted by Crippen LogP contribution is 2.25. The molecule has 0 radical (unpaired) electrons. The summed E-state index contributed by atoms with van der Waals surface area (Å²) in [5, 5.41) is 12.5. The number of aryl methyl sites for hydroxylation is 1. The molecule has 128 valence electrons. The molecule has 0 aliphatic rings. The van der Waals surface area contributed by atoms with Gasteiger partial charge in [-0.05, 0) is 36.2 Å². The Bertz CT molecular complexity index is 702. The molecule has 1 unspecified atom stereocenters. The number of aliphatic hydroxyl groups excluding tert-OH is 1.